The van der Waals surface area contributed by atoms with Gasteiger partial charge in [-0.15, -0.1) is 0 Å². The third-order valence-corrected chi connectivity index (χ3v) is 4.14. The molecule has 0 aliphatic rings. The van der Waals surface area contributed by atoms with Crippen LogP contribution in [0.25, 0.3) is 0 Å². The summed E-state index contributed by atoms with van der Waals surface area (Å²) in [7, 11) is 2.25. The second-order valence-corrected chi connectivity index (χ2v) is 7.81. The first kappa shape index (κ1) is 21.9. The molecule has 0 heterocycles. The summed E-state index contributed by atoms with van der Waals surface area (Å²) in [6.45, 7) is 18.4. The first-order chi connectivity index (χ1) is 10.3. The molecule has 0 aromatic carbocycles. The maximum absolute atomic E-state index is 3.65. The van der Waals surface area contributed by atoms with Gasteiger partial charge >= 0.3 is 0 Å². The van der Waals surface area contributed by atoms with Crippen LogP contribution in [0.4, 0.5) is 0 Å². The van der Waals surface area contributed by atoms with Crippen molar-refractivity contribution in [3.8, 4) is 0 Å². The fourth-order valence-electron chi connectivity index (χ4n) is 3.34. The summed E-state index contributed by atoms with van der Waals surface area (Å²) in [5.41, 5.74) is 0. The van der Waals surface area contributed by atoms with Gasteiger partial charge in [0.05, 0.1) is 0 Å². The van der Waals surface area contributed by atoms with Gasteiger partial charge in [0.25, 0.3) is 0 Å². The van der Waals surface area contributed by atoms with E-state index in [2.05, 4.69) is 64.1 Å². The summed E-state index contributed by atoms with van der Waals surface area (Å²) in [6.07, 6.45) is 5.09. The molecule has 3 heteroatoms. The molecule has 134 valence electrons. The van der Waals surface area contributed by atoms with Gasteiger partial charge in [0.1, 0.15) is 0 Å². The lowest BCUT2D eigenvalue weighted by molar-refractivity contribution is 0.243. The summed E-state index contributed by atoms with van der Waals surface area (Å²) < 4.78 is 0. The van der Waals surface area contributed by atoms with E-state index in [1.165, 1.54) is 32.2 Å². The van der Waals surface area contributed by atoms with Gasteiger partial charge in [0, 0.05) is 25.2 Å². The minimum absolute atomic E-state index is 0.573. The van der Waals surface area contributed by atoms with Crippen LogP contribution >= 0.6 is 0 Å². The zero-order valence-corrected chi connectivity index (χ0v) is 16.4. The lowest BCUT2D eigenvalue weighted by Gasteiger charge is -2.26. The normalized spacial score (nSPS) is 16.2. The van der Waals surface area contributed by atoms with E-state index >= 15 is 0 Å². The van der Waals surface area contributed by atoms with E-state index in [-0.39, 0.29) is 0 Å². The molecule has 0 fully saturated rings. The molecule has 3 nitrogen and oxygen atoms in total. The molecule has 0 saturated carbocycles. The van der Waals surface area contributed by atoms with Crippen LogP contribution < -0.4 is 10.6 Å². The molecule has 0 rings (SSSR count). The third kappa shape index (κ3) is 13.5. The number of rotatable bonds is 14. The minimum atomic E-state index is 0.573. The van der Waals surface area contributed by atoms with Crippen molar-refractivity contribution in [1.29, 1.82) is 0 Å². The standard InChI is InChI=1S/C19H43N3/c1-8-10-18(5)20-11-9-12-21-19(6)15-22(7)14-17(4)13-16(2)3/h16-21H,8-15H2,1-7H3. The van der Waals surface area contributed by atoms with Crippen LogP contribution in [0.1, 0.15) is 67.2 Å². The number of nitrogens with one attached hydrogen (secondary N) is 2. The summed E-state index contributed by atoms with van der Waals surface area (Å²) in [5.74, 6) is 1.60. The van der Waals surface area contributed by atoms with E-state index in [1.807, 2.05) is 0 Å². The number of hydrogen-bond donors (Lipinski definition) is 2. The van der Waals surface area contributed by atoms with Gasteiger partial charge in [-0.1, -0.05) is 34.1 Å². The molecule has 22 heavy (non-hydrogen) atoms. The zero-order chi connectivity index (χ0) is 17.0. The highest BCUT2D eigenvalue weighted by atomic mass is 15.1. The average molecular weight is 314 g/mol. The summed E-state index contributed by atoms with van der Waals surface area (Å²) >= 11 is 0. The number of hydrogen-bond acceptors (Lipinski definition) is 3. The van der Waals surface area contributed by atoms with Gasteiger partial charge in [0.15, 0.2) is 0 Å². The summed E-state index contributed by atoms with van der Waals surface area (Å²) in [5, 5.41) is 7.24. The SMILES string of the molecule is CCCC(C)NCCCNC(C)CN(C)CC(C)CC(C)C. The van der Waals surface area contributed by atoms with E-state index in [0.29, 0.717) is 12.1 Å². The molecule has 0 aromatic rings. The minimum Gasteiger partial charge on any atom is -0.314 e. The Morgan fingerprint density at radius 3 is 2.00 bits per heavy atom. The molecule has 0 aromatic heterocycles. The third-order valence-electron chi connectivity index (χ3n) is 4.14. The highest BCUT2D eigenvalue weighted by Gasteiger charge is 2.11. The second kappa shape index (κ2) is 13.3. The second-order valence-electron chi connectivity index (χ2n) is 7.81. The molecular weight excluding hydrogens is 270 g/mol. The van der Waals surface area contributed by atoms with Crippen LogP contribution in [-0.2, 0) is 0 Å². The summed E-state index contributed by atoms with van der Waals surface area (Å²) in [6, 6.07) is 1.24. The van der Waals surface area contributed by atoms with Gasteiger partial charge in [0.2, 0.25) is 0 Å². The molecule has 0 bridgehead atoms. The molecular formula is C19H43N3. The van der Waals surface area contributed by atoms with Crippen molar-refractivity contribution in [2.45, 2.75) is 79.3 Å². The maximum atomic E-state index is 3.65. The van der Waals surface area contributed by atoms with Crippen molar-refractivity contribution in [1.82, 2.24) is 15.5 Å². The van der Waals surface area contributed by atoms with Crippen molar-refractivity contribution in [2.75, 3.05) is 33.2 Å². The van der Waals surface area contributed by atoms with Crippen molar-refractivity contribution < 1.29 is 0 Å². The molecule has 3 atom stereocenters. The Balaban J connectivity index is 3.61. The summed E-state index contributed by atoms with van der Waals surface area (Å²) in [4.78, 5) is 2.48. The molecule has 0 radical (unpaired) electrons. The Labute approximate surface area is 140 Å². The Bertz CT molecular complexity index is 243. The average Bonchev–Trinajstić information content (AvgIpc) is 2.36. The topological polar surface area (TPSA) is 27.3 Å². The number of likely N-dealkylation sites (N-methyl/N-ethyl adjacent to an activating group) is 1. The van der Waals surface area contributed by atoms with Crippen LogP contribution in [0, 0.1) is 11.8 Å². The molecule has 0 saturated heterocycles. The van der Waals surface area contributed by atoms with E-state index in [4.69, 9.17) is 0 Å². The molecule has 3 unspecified atom stereocenters. The predicted molar refractivity (Wildman–Crippen MR) is 101 cm³/mol. The van der Waals surface area contributed by atoms with Gasteiger partial charge in [-0.3, -0.25) is 0 Å². The fraction of sp³-hybridized carbons (Fsp3) is 1.00. The maximum Gasteiger partial charge on any atom is 0.0166 e. The quantitative estimate of drug-likeness (QED) is 0.478. The van der Waals surface area contributed by atoms with E-state index < -0.39 is 0 Å². The van der Waals surface area contributed by atoms with Crippen molar-refractivity contribution >= 4 is 0 Å². The number of nitrogens with zero attached hydrogens (tertiary/aromatic N) is 1. The van der Waals surface area contributed by atoms with Crippen LogP contribution in [-0.4, -0.2) is 50.2 Å². The van der Waals surface area contributed by atoms with Gasteiger partial charge in [-0.25, -0.2) is 0 Å². The van der Waals surface area contributed by atoms with Crippen molar-refractivity contribution in [3.05, 3.63) is 0 Å². The first-order valence-electron chi connectivity index (χ1n) is 9.50. The van der Waals surface area contributed by atoms with E-state index in [9.17, 15) is 0 Å². The largest absolute Gasteiger partial charge is 0.314 e. The lowest BCUT2D eigenvalue weighted by atomic mass is 9.98. The fourth-order valence-corrected chi connectivity index (χ4v) is 3.34. The molecule has 0 aliphatic heterocycles. The smallest absolute Gasteiger partial charge is 0.0166 e. The van der Waals surface area contributed by atoms with Crippen LogP contribution in [0.5, 0.6) is 0 Å². The van der Waals surface area contributed by atoms with Crippen LogP contribution in [0.2, 0.25) is 0 Å². The highest BCUT2D eigenvalue weighted by Crippen LogP contribution is 2.11. The van der Waals surface area contributed by atoms with E-state index in [0.717, 1.165) is 31.5 Å². The van der Waals surface area contributed by atoms with Gasteiger partial charge in [-0.05, 0) is 65.1 Å². The monoisotopic (exact) mass is 313 g/mol. The highest BCUT2D eigenvalue weighted by molar-refractivity contribution is 4.69. The predicted octanol–water partition coefficient (Wildman–Crippen LogP) is 3.75. The van der Waals surface area contributed by atoms with Crippen molar-refractivity contribution in [2.24, 2.45) is 11.8 Å². The molecule has 0 spiro atoms. The Kier molecular flexibility index (Phi) is 13.3. The van der Waals surface area contributed by atoms with E-state index in [1.54, 1.807) is 0 Å². The molecule has 0 aliphatic carbocycles. The lowest BCUT2D eigenvalue weighted by Crippen LogP contribution is -2.40. The Morgan fingerprint density at radius 1 is 0.864 bits per heavy atom. The van der Waals surface area contributed by atoms with Crippen molar-refractivity contribution in [3.63, 3.8) is 0 Å². The van der Waals surface area contributed by atoms with Gasteiger partial charge in [-0.2, -0.15) is 0 Å². The van der Waals surface area contributed by atoms with Crippen LogP contribution in [0.15, 0.2) is 0 Å². The Hall–Kier alpha value is -0.120. The first-order valence-corrected chi connectivity index (χ1v) is 9.50. The Morgan fingerprint density at radius 2 is 1.45 bits per heavy atom. The van der Waals surface area contributed by atoms with Gasteiger partial charge < -0.3 is 15.5 Å². The van der Waals surface area contributed by atoms with Crippen LogP contribution in [0.3, 0.4) is 0 Å². The molecule has 2 N–H and O–H groups in total. The molecule has 0 amide bonds. The zero-order valence-electron chi connectivity index (χ0n) is 16.4.